The maximum absolute atomic E-state index is 12.7. The molecule has 7 nitrogen and oxygen atoms in total. The van der Waals surface area contributed by atoms with Gasteiger partial charge in [0.05, 0.1) is 6.54 Å². The zero-order chi connectivity index (χ0) is 17.5. The molecule has 1 aromatic heterocycles. The first-order valence-corrected chi connectivity index (χ1v) is 7.98. The third-order valence-electron chi connectivity index (χ3n) is 3.65. The summed E-state index contributed by atoms with van der Waals surface area (Å²) >= 11 is 3.36. The lowest BCUT2D eigenvalue weighted by atomic mass is 10.0. The number of nitrogens with zero attached hydrogens (tertiary/aromatic N) is 3. The van der Waals surface area contributed by atoms with Crippen LogP contribution in [0.2, 0.25) is 0 Å². The molecule has 1 amide bonds. The fourth-order valence-electron chi connectivity index (χ4n) is 2.46. The van der Waals surface area contributed by atoms with Gasteiger partial charge in [0.15, 0.2) is 11.4 Å². The van der Waals surface area contributed by atoms with Gasteiger partial charge in [0, 0.05) is 10.5 Å². The number of nitro groups is 1. The summed E-state index contributed by atoms with van der Waals surface area (Å²) in [4.78, 5) is 28.6. The highest BCUT2D eigenvalue weighted by atomic mass is 79.9. The van der Waals surface area contributed by atoms with Gasteiger partial charge in [0.1, 0.15) is 0 Å². The molecule has 1 aliphatic heterocycles. The van der Waals surface area contributed by atoms with Gasteiger partial charge in [-0.05, 0) is 47.5 Å². The number of amides is 1. The molecule has 0 spiro atoms. The van der Waals surface area contributed by atoms with Crippen LogP contribution in [-0.4, -0.2) is 21.4 Å². The molecule has 1 aromatic carbocycles. The maximum Gasteiger partial charge on any atom is 0.366 e. The third-order valence-corrected chi connectivity index (χ3v) is 4.18. The molecule has 0 atom stereocenters. The van der Waals surface area contributed by atoms with E-state index in [-0.39, 0.29) is 24.1 Å². The number of fused-ring (bicyclic) bond motifs is 1. The van der Waals surface area contributed by atoms with E-state index in [1.165, 1.54) is 17.0 Å². The van der Waals surface area contributed by atoms with Crippen molar-refractivity contribution in [2.75, 3.05) is 4.90 Å². The molecule has 1 aliphatic rings. The van der Waals surface area contributed by atoms with E-state index in [1.807, 2.05) is 24.3 Å². The van der Waals surface area contributed by atoms with Gasteiger partial charge in [0.25, 0.3) is 11.7 Å². The van der Waals surface area contributed by atoms with E-state index in [2.05, 4.69) is 20.9 Å². The first kappa shape index (κ1) is 16.4. The Bertz CT molecular complexity index is 821. The monoisotopic (exact) mass is 391 g/mol. The number of aromatic nitrogens is 1. The summed E-state index contributed by atoms with van der Waals surface area (Å²) in [5, 5.41) is 11.0. The maximum atomic E-state index is 12.7. The minimum Gasteiger partial charge on any atom is -0.472 e. The van der Waals surface area contributed by atoms with Crippen molar-refractivity contribution in [3.05, 3.63) is 56.5 Å². The van der Waals surface area contributed by atoms with Crippen molar-refractivity contribution in [3.63, 3.8) is 0 Å². The molecule has 2 aromatic rings. The van der Waals surface area contributed by atoms with Gasteiger partial charge < -0.3 is 14.9 Å². The van der Waals surface area contributed by atoms with Crippen LogP contribution in [0.4, 0.5) is 11.6 Å². The first-order chi connectivity index (χ1) is 11.3. The summed E-state index contributed by atoms with van der Waals surface area (Å²) in [6, 6.07) is 10.2. The molecule has 0 saturated carbocycles. The molecular formula is C16H14BrN3O4. The molecule has 0 aliphatic carbocycles. The number of rotatable bonds is 3. The molecule has 0 saturated heterocycles. The fraction of sp³-hybridized carbons (Fsp3) is 0.250. The lowest BCUT2D eigenvalue weighted by Gasteiger charge is -2.35. The Hall–Kier alpha value is -2.48. The number of hydrogen-bond donors (Lipinski definition) is 0. The van der Waals surface area contributed by atoms with E-state index in [4.69, 9.17) is 4.74 Å². The number of pyridine rings is 1. The quantitative estimate of drug-likeness (QED) is 0.590. The van der Waals surface area contributed by atoms with Gasteiger partial charge in [-0.2, -0.15) is 0 Å². The molecule has 0 radical (unpaired) electrons. The van der Waals surface area contributed by atoms with Crippen LogP contribution in [0.3, 0.4) is 0 Å². The zero-order valence-corrected chi connectivity index (χ0v) is 14.6. The molecule has 24 heavy (non-hydrogen) atoms. The number of ether oxygens (including phenoxy) is 1. The molecule has 0 unspecified atom stereocenters. The minimum atomic E-state index is -1.07. The van der Waals surface area contributed by atoms with E-state index in [1.54, 1.807) is 13.8 Å². The fourth-order valence-corrected chi connectivity index (χ4v) is 2.72. The van der Waals surface area contributed by atoms with Crippen molar-refractivity contribution in [1.82, 2.24) is 4.98 Å². The van der Waals surface area contributed by atoms with Crippen molar-refractivity contribution in [2.24, 2.45) is 0 Å². The summed E-state index contributed by atoms with van der Waals surface area (Å²) in [7, 11) is 0. The van der Waals surface area contributed by atoms with Crippen LogP contribution >= 0.6 is 15.9 Å². The molecule has 0 fully saturated rings. The summed E-state index contributed by atoms with van der Waals surface area (Å²) in [5.41, 5.74) is -0.191. The average molecular weight is 392 g/mol. The molecule has 3 rings (SSSR count). The van der Waals surface area contributed by atoms with Crippen LogP contribution in [-0.2, 0) is 11.3 Å². The second kappa shape index (κ2) is 5.86. The Kier molecular flexibility index (Phi) is 4.00. The van der Waals surface area contributed by atoms with Gasteiger partial charge in [-0.1, -0.05) is 28.1 Å². The van der Waals surface area contributed by atoms with Crippen LogP contribution < -0.4 is 9.64 Å². The summed E-state index contributed by atoms with van der Waals surface area (Å²) < 4.78 is 6.59. The smallest absolute Gasteiger partial charge is 0.366 e. The van der Waals surface area contributed by atoms with E-state index in [0.717, 1.165) is 10.0 Å². The highest BCUT2D eigenvalue weighted by Gasteiger charge is 2.44. The first-order valence-electron chi connectivity index (χ1n) is 7.19. The summed E-state index contributed by atoms with van der Waals surface area (Å²) in [5.74, 6) is -0.115. The molecule has 8 heteroatoms. The average Bonchev–Trinajstić information content (AvgIpc) is 2.53. The van der Waals surface area contributed by atoms with Crippen molar-refractivity contribution < 1.29 is 14.5 Å². The SMILES string of the molecule is CC1(C)Oc2ccc([N+](=O)[O-])nc2N(Cc2ccc(Br)cc2)C1=O. The van der Waals surface area contributed by atoms with Crippen LogP contribution in [0, 0.1) is 10.1 Å². The third kappa shape index (κ3) is 2.96. The Morgan fingerprint density at radius 3 is 2.54 bits per heavy atom. The Morgan fingerprint density at radius 1 is 1.25 bits per heavy atom. The molecule has 0 bridgehead atoms. The number of anilines is 1. The van der Waals surface area contributed by atoms with E-state index in [0.29, 0.717) is 5.75 Å². The molecule has 2 heterocycles. The topological polar surface area (TPSA) is 85.6 Å². The largest absolute Gasteiger partial charge is 0.472 e. The van der Waals surface area contributed by atoms with E-state index < -0.39 is 10.5 Å². The number of carbonyl (C=O) groups excluding carboxylic acids is 1. The van der Waals surface area contributed by atoms with Crippen molar-refractivity contribution >= 4 is 33.5 Å². The molecule has 0 N–H and O–H groups in total. The second-order valence-corrected chi connectivity index (χ2v) is 6.79. The zero-order valence-electron chi connectivity index (χ0n) is 13.0. The minimum absolute atomic E-state index is 0.163. The Labute approximate surface area is 146 Å². The van der Waals surface area contributed by atoms with Gasteiger partial charge in [-0.3, -0.25) is 9.69 Å². The van der Waals surface area contributed by atoms with E-state index >= 15 is 0 Å². The van der Waals surface area contributed by atoms with Crippen LogP contribution in [0.5, 0.6) is 5.75 Å². The lowest BCUT2D eigenvalue weighted by molar-refractivity contribution is -0.389. The van der Waals surface area contributed by atoms with Gasteiger partial charge in [-0.15, -0.1) is 0 Å². The van der Waals surface area contributed by atoms with Crippen molar-refractivity contribution in [1.29, 1.82) is 0 Å². The molecular weight excluding hydrogens is 378 g/mol. The van der Waals surface area contributed by atoms with Crippen LogP contribution in [0.1, 0.15) is 19.4 Å². The van der Waals surface area contributed by atoms with E-state index in [9.17, 15) is 14.9 Å². The van der Waals surface area contributed by atoms with Crippen molar-refractivity contribution in [3.8, 4) is 5.75 Å². The Morgan fingerprint density at radius 2 is 1.92 bits per heavy atom. The highest BCUT2D eigenvalue weighted by Crippen LogP contribution is 2.38. The second-order valence-electron chi connectivity index (χ2n) is 5.88. The van der Waals surface area contributed by atoms with Crippen molar-refractivity contribution in [2.45, 2.75) is 26.0 Å². The number of carbonyl (C=O) groups is 1. The van der Waals surface area contributed by atoms with Gasteiger partial charge >= 0.3 is 5.82 Å². The summed E-state index contributed by atoms with van der Waals surface area (Å²) in [6.45, 7) is 3.57. The van der Waals surface area contributed by atoms with Gasteiger partial charge in [-0.25, -0.2) is 0 Å². The standard InChI is InChI=1S/C16H14BrN3O4/c1-16(2)15(21)19(9-10-3-5-11(17)6-4-10)14-12(24-16)7-8-13(18-14)20(22)23/h3-8H,9H2,1-2H3. The summed E-state index contributed by atoms with van der Waals surface area (Å²) in [6.07, 6.45) is 0. The molecule has 124 valence electrons. The Balaban J connectivity index is 2.05. The van der Waals surface area contributed by atoms with Gasteiger partial charge in [0.2, 0.25) is 0 Å². The van der Waals surface area contributed by atoms with Crippen LogP contribution in [0.25, 0.3) is 0 Å². The number of hydrogen-bond acceptors (Lipinski definition) is 5. The predicted octanol–water partition coefficient (Wildman–Crippen LogP) is 3.46. The predicted molar refractivity (Wildman–Crippen MR) is 90.9 cm³/mol. The normalized spacial score (nSPS) is 15.6. The number of halogens is 1. The number of benzene rings is 1. The van der Waals surface area contributed by atoms with Crippen LogP contribution in [0.15, 0.2) is 40.9 Å². The lowest BCUT2D eigenvalue weighted by Crippen LogP contribution is -2.52. The highest BCUT2D eigenvalue weighted by molar-refractivity contribution is 9.10.